The van der Waals surface area contributed by atoms with Crippen molar-refractivity contribution in [1.82, 2.24) is 5.32 Å². The minimum atomic E-state index is -0.422. The Morgan fingerprint density at radius 1 is 1.41 bits per heavy atom. The van der Waals surface area contributed by atoms with Gasteiger partial charge in [0.05, 0.1) is 0 Å². The summed E-state index contributed by atoms with van der Waals surface area (Å²) in [6.45, 7) is 6.41. The van der Waals surface area contributed by atoms with Gasteiger partial charge in [0.2, 0.25) is 0 Å². The van der Waals surface area contributed by atoms with Gasteiger partial charge in [0.15, 0.2) is 0 Å². The number of fused-ring (bicyclic) bond motifs is 2. The lowest BCUT2D eigenvalue weighted by Gasteiger charge is -2.24. The van der Waals surface area contributed by atoms with E-state index in [-0.39, 0.29) is 6.09 Å². The largest absolute Gasteiger partial charge is 0.444 e. The van der Waals surface area contributed by atoms with Crippen LogP contribution in [0.5, 0.6) is 0 Å². The molecule has 0 aromatic rings. The Kier molecular flexibility index (Phi) is 3.34. The van der Waals surface area contributed by atoms with Gasteiger partial charge in [-0.25, -0.2) is 4.79 Å². The highest BCUT2D eigenvalue weighted by Gasteiger charge is 2.48. The third kappa shape index (κ3) is 2.73. The summed E-state index contributed by atoms with van der Waals surface area (Å²) in [7, 11) is 0. The number of carbonyl (C=O) groups is 1. The third-order valence-corrected chi connectivity index (χ3v) is 4.04. The van der Waals surface area contributed by atoms with Crippen LogP contribution in [-0.2, 0) is 4.74 Å². The second kappa shape index (κ2) is 4.48. The van der Waals surface area contributed by atoms with Crippen LogP contribution in [0, 0.1) is 17.8 Å². The summed E-state index contributed by atoms with van der Waals surface area (Å²) in [5.41, 5.74) is 5.35. The Morgan fingerprint density at radius 2 is 2.12 bits per heavy atom. The molecule has 98 valence electrons. The number of alkyl carbamates (subject to hydrolysis) is 1. The van der Waals surface area contributed by atoms with E-state index in [1.54, 1.807) is 0 Å². The number of rotatable bonds is 2. The van der Waals surface area contributed by atoms with E-state index >= 15 is 0 Å². The van der Waals surface area contributed by atoms with Gasteiger partial charge < -0.3 is 15.8 Å². The van der Waals surface area contributed by atoms with E-state index in [1.165, 1.54) is 19.3 Å². The average Bonchev–Trinajstić information content (AvgIpc) is 2.72. The summed E-state index contributed by atoms with van der Waals surface area (Å²) in [6.07, 6.45) is 3.31. The fourth-order valence-corrected chi connectivity index (χ4v) is 3.41. The molecule has 0 saturated heterocycles. The van der Waals surface area contributed by atoms with E-state index in [9.17, 15) is 4.79 Å². The van der Waals surface area contributed by atoms with Crippen LogP contribution in [0.3, 0.4) is 0 Å². The van der Waals surface area contributed by atoms with E-state index in [2.05, 4.69) is 5.32 Å². The summed E-state index contributed by atoms with van der Waals surface area (Å²) in [6, 6.07) is 0.290. The van der Waals surface area contributed by atoms with Gasteiger partial charge in [-0.2, -0.15) is 0 Å². The van der Waals surface area contributed by atoms with Gasteiger partial charge >= 0.3 is 6.09 Å². The van der Waals surface area contributed by atoms with Crippen LogP contribution in [0.25, 0.3) is 0 Å². The van der Waals surface area contributed by atoms with Crippen molar-refractivity contribution in [2.75, 3.05) is 6.54 Å². The number of hydrogen-bond acceptors (Lipinski definition) is 3. The molecule has 0 aromatic heterocycles. The molecule has 0 spiro atoms. The number of hydrogen-bond donors (Lipinski definition) is 2. The van der Waals surface area contributed by atoms with Crippen LogP contribution >= 0.6 is 0 Å². The predicted octanol–water partition coefficient (Wildman–Crippen LogP) is 1.88. The zero-order valence-corrected chi connectivity index (χ0v) is 11.0. The predicted molar refractivity (Wildman–Crippen MR) is 66.5 cm³/mol. The normalized spacial score (nSPS) is 36.0. The molecule has 0 aromatic carbocycles. The maximum Gasteiger partial charge on any atom is 0.407 e. The molecule has 2 aliphatic carbocycles. The average molecular weight is 240 g/mol. The number of nitrogens with two attached hydrogens (primary N) is 1. The van der Waals surface area contributed by atoms with Gasteiger partial charge in [0.25, 0.3) is 0 Å². The van der Waals surface area contributed by atoms with E-state index in [0.717, 1.165) is 6.54 Å². The van der Waals surface area contributed by atoms with Crippen molar-refractivity contribution in [2.45, 2.75) is 51.7 Å². The number of nitrogens with one attached hydrogen (secondary N) is 1. The third-order valence-electron chi connectivity index (χ3n) is 4.04. The van der Waals surface area contributed by atoms with Crippen molar-refractivity contribution in [3.8, 4) is 0 Å². The van der Waals surface area contributed by atoms with Crippen LogP contribution in [-0.4, -0.2) is 24.3 Å². The van der Waals surface area contributed by atoms with Crippen LogP contribution in [0.2, 0.25) is 0 Å². The molecule has 4 nitrogen and oxygen atoms in total. The molecular formula is C13H24N2O2. The first-order valence-electron chi connectivity index (χ1n) is 6.60. The molecule has 2 rings (SSSR count). The molecule has 4 heteroatoms. The number of ether oxygens (including phenoxy) is 1. The monoisotopic (exact) mass is 240 g/mol. The van der Waals surface area contributed by atoms with Crippen LogP contribution in [0.15, 0.2) is 0 Å². The zero-order chi connectivity index (χ0) is 12.6. The van der Waals surface area contributed by atoms with Gasteiger partial charge in [-0.1, -0.05) is 0 Å². The topological polar surface area (TPSA) is 64.3 Å². The molecular weight excluding hydrogens is 216 g/mol. The minimum absolute atomic E-state index is 0.280. The van der Waals surface area contributed by atoms with Crippen LogP contribution in [0.4, 0.5) is 4.79 Å². The van der Waals surface area contributed by atoms with E-state index in [0.29, 0.717) is 23.8 Å². The minimum Gasteiger partial charge on any atom is -0.444 e. The summed E-state index contributed by atoms with van der Waals surface area (Å²) < 4.78 is 5.31. The van der Waals surface area contributed by atoms with Crippen molar-refractivity contribution >= 4 is 6.09 Å². The lowest BCUT2D eigenvalue weighted by Crippen LogP contribution is -2.42. The van der Waals surface area contributed by atoms with Crippen LogP contribution in [0.1, 0.15) is 40.0 Å². The van der Waals surface area contributed by atoms with Crippen molar-refractivity contribution in [3.63, 3.8) is 0 Å². The van der Waals surface area contributed by atoms with Gasteiger partial charge in [0.1, 0.15) is 5.60 Å². The Bertz CT molecular complexity index is 298. The Labute approximate surface area is 103 Å². The molecule has 0 heterocycles. The molecule has 4 atom stereocenters. The van der Waals surface area contributed by atoms with E-state index in [4.69, 9.17) is 10.5 Å². The Morgan fingerprint density at radius 3 is 2.65 bits per heavy atom. The maximum absolute atomic E-state index is 11.8. The summed E-state index contributed by atoms with van der Waals surface area (Å²) in [4.78, 5) is 11.8. The first-order chi connectivity index (χ1) is 7.90. The zero-order valence-electron chi connectivity index (χ0n) is 11.0. The maximum atomic E-state index is 11.8. The SMILES string of the molecule is CC(C)(C)OC(=O)N[C@@H]1[C@H]2CC[C@H]1[C@H](CN)C2. The van der Waals surface area contributed by atoms with Crippen molar-refractivity contribution in [3.05, 3.63) is 0 Å². The molecule has 2 fully saturated rings. The summed E-state index contributed by atoms with van der Waals surface area (Å²) >= 11 is 0. The van der Waals surface area contributed by atoms with E-state index in [1.807, 2.05) is 20.8 Å². The van der Waals surface area contributed by atoms with Crippen molar-refractivity contribution in [1.29, 1.82) is 0 Å². The van der Waals surface area contributed by atoms with Gasteiger partial charge in [0, 0.05) is 6.04 Å². The molecule has 1 amide bonds. The Balaban J connectivity index is 1.90. The standard InChI is InChI=1S/C13H24N2O2/c1-13(2,3)17-12(16)15-11-8-4-5-10(11)9(6-8)7-14/h8-11H,4-7,14H2,1-3H3,(H,15,16)/t8-,9-,10-,11+/m0/s1. The molecule has 2 aliphatic rings. The van der Waals surface area contributed by atoms with Crippen molar-refractivity contribution < 1.29 is 9.53 Å². The van der Waals surface area contributed by atoms with Gasteiger partial charge in [-0.15, -0.1) is 0 Å². The first kappa shape index (κ1) is 12.7. The van der Waals surface area contributed by atoms with Crippen molar-refractivity contribution in [2.24, 2.45) is 23.5 Å². The molecule has 0 radical (unpaired) electrons. The molecule has 3 N–H and O–H groups in total. The second-order valence-electron chi connectivity index (χ2n) is 6.40. The fraction of sp³-hybridized carbons (Fsp3) is 0.923. The molecule has 0 aliphatic heterocycles. The summed E-state index contributed by atoms with van der Waals surface area (Å²) in [5, 5.41) is 3.05. The molecule has 2 saturated carbocycles. The van der Waals surface area contributed by atoms with E-state index < -0.39 is 5.60 Å². The highest BCUT2D eigenvalue weighted by molar-refractivity contribution is 5.68. The highest BCUT2D eigenvalue weighted by Crippen LogP contribution is 2.48. The first-order valence-corrected chi connectivity index (χ1v) is 6.60. The lowest BCUT2D eigenvalue weighted by atomic mass is 9.89. The molecule has 17 heavy (non-hydrogen) atoms. The number of amides is 1. The number of carbonyl (C=O) groups excluding carboxylic acids is 1. The fourth-order valence-electron chi connectivity index (χ4n) is 3.41. The van der Waals surface area contributed by atoms with Crippen LogP contribution < -0.4 is 11.1 Å². The second-order valence-corrected chi connectivity index (χ2v) is 6.40. The molecule has 0 unspecified atom stereocenters. The highest BCUT2D eigenvalue weighted by atomic mass is 16.6. The van der Waals surface area contributed by atoms with Gasteiger partial charge in [-0.05, 0) is 64.3 Å². The smallest absolute Gasteiger partial charge is 0.407 e. The summed E-state index contributed by atoms with van der Waals surface area (Å²) in [5.74, 6) is 1.77. The quantitative estimate of drug-likeness (QED) is 0.774. The van der Waals surface area contributed by atoms with Gasteiger partial charge in [-0.3, -0.25) is 0 Å². The molecule has 2 bridgehead atoms. The Hall–Kier alpha value is -0.770. The lowest BCUT2D eigenvalue weighted by molar-refractivity contribution is 0.0489.